The Morgan fingerprint density at radius 3 is 2.52 bits per heavy atom. The second kappa shape index (κ2) is 8.43. The summed E-state index contributed by atoms with van der Waals surface area (Å²) in [5.41, 5.74) is 2.28. The van der Waals surface area contributed by atoms with Gasteiger partial charge in [0.25, 0.3) is 5.91 Å². The molecule has 29 heavy (non-hydrogen) atoms. The fourth-order valence-electron chi connectivity index (χ4n) is 2.85. The molecule has 1 N–H and O–H groups in total. The van der Waals surface area contributed by atoms with Crippen molar-refractivity contribution in [1.82, 2.24) is 4.98 Å². The van der Waals surface area contributed by atoms with Gasteiger partial charge in [0.15, 0.2) is 6.61 Å². The Hall–Kier alpha value is -3.22. The molecule has 0 saturated heterocycles. The monoisotopic (exact) mass is 422 g/mol. The minimum atomic E-state index is -0.587. The van der Waals surface area contributed by atoms with Gasteiger partial charge in [0.05, 0.1) is 26.0 Å². The third kappa shape index (κ3) is 4.45. The molecule has 0 bridgehead atoms. The molecule has 5 nitrogen and oxygen atoms in total. The Bertz CT molecular complexity index is 1190. The maximum atomic E-state index is 12.8. The zero-order valence-corrected chi connectivity index (χ0v) is 16.7. The van der Waals surface area contributed by atoms with Crippen LogP contribution in [-0.2, 0) is 9.53 Å². The van der Waals surface area contributed by atoms with E-state index in [0.29, 0.717) is 32.2 Å². The number of rotatable bonds is 5. The number of nitrogens with zero attached hydrogens (tertiary/aromatic N) is 1. The molecule has 4 rings (SSSR count). The number of halogens is 1. The Kier molecular flexibility index (Phi) is 5.55. The number of hydrogen-bond donors (Lipinski definition) is 1. The largest absolute Gasteiger partial charge is 0.452 e. The Balaban J connectivity index is 1.57. The van der Waals surface area contributed by atoms with E-state index >= 15 is 0 Å². The average molecular weight is 423 g/mol. The van der Waals surface area contributed by atoms with Gasteiger partial charge in [-0.25, -0.2) is 9.78 Å². The lowest BCUT2D eigenvalue weighted by Crippen LogP contribution is -2.21. The highest BCUT2D eigenvalue weighted by Crippen LogP contribution is 2.32. The van der Waals surface area contributed by atoms with Gasteiger partial charge in [-0.3, -0.25) is 4.79 Å². The van der Waals surface area contributed by atoms with E-state index in [-0.39, 0.29) is 6.61 Å². The molecule has 144 valence electrons. The first-order valence-electron chi connectivity index (χ1n) is 8.78. The summed E-state index contributed by atoms with van der Waals surface area (Å²) in [6, 6.07) is 21.6. The molecule has 0 spiro atoms. The van der Waals surface area contributed by atoms with E-state index < -0.39 is 11.9 Å². The molecule has 0 unspecified atom stereocenters. The lowest BCUT2D eigenvalue weighted by Gasteiger charge is -2.10. The maximum absolute atomic E-state index is 12.8. The van der Waals surface area contributed by atoms with Crippen molar-refractivity contribution < 1.29 is 14.3 Å². The lowest BCUT2D eigenvalue weighted by atomic mass is 10.1. The van der Waals surface area contributed by atoms with Crippen LogP contribution in [-0.4, -0.2) is 23.5 Å². The number of aromatic nitrogens is 1. The second-order valence-corrected chi connectivity index (χ2v) is 7.88. The summed E-state index contributed by atoms with van der Waals surface area (Å²) in [5.74, 6) is -0.996. The van der Waals surface area contributed by atoms with Crippen molar-refractivity contribution in [2.75, 3.05) is 11.9 Å². The van der Waals surface area contributed by atoms with Crippen molar-refractivity contribution >= 4 is 51.4 Å². The fourth-order valence-corrected chi connectivity index (χ4v) is 3.85. The van der Waals surface area contributed by atoms with Crippen molar-refractivity contribution in [3.8, 4) is 10.6 Å². The summed E-state index contributed by atoms with van der Waals surface area (Å²) in [5, 5.41) is 3.34. The first-order valence-corrected chi connectivity index (χ1v) is 9.97. The van der Waals surface area contributed by atoms with E-state index in [9.17, 15) is 9.59 Å². The number of anilines is 1. The van der Waals surface area contributed by atoms with Crippen molar-refractivity contribution in [2.45, 2.75) is 0 Å². The molecule has 1 amide bonds. The van der Waals surface area contributed by atoms with Crippen LogP contribution in [0.15, 0.2) is 72.8 Å². The van der Waals surface area contributed by atoms with Gasteiger partial charge in [0, 0.05) is 11.1 Å². The molecule has 4 aromatic rings. The highest BCUT2D eigenvalue weighted by atomic mass is 35.5. The second-order valence-electron chi connectivity index (χ2n) is 6.17. The number of benzene rings is 2. The summed E-state index contributed by atoms with van der Waals surface area (Å²) in [6.07, 6.45) is 0. The minimum absolute atomic E-state index is 0.350. The Morgan fingerprint density at radius 2 is 1.76 bits per heavy atom. The quantitative estimate of drug-likeness (QED) is 0.436. The zero-order valence-electron chi connectivity index (χ0n) is 15.1. The summed E-state index contributed by atoms with van der Waals surface area (Å²) >= 11 is 7.41. The smallest absolute Gasteiger partial charge is 0.339 e. The van der Waals surface area contributed by atoms with Gasteiger partial charge in [-0.15, -0.1) is 11.3 Å². The van der Waals surface area contributed by atoms with Gasteiger partial charge >= 0.3 is 5.97 Å². The fraction of sp³-hybridized carbons (Fsp3) is 0.0455. The SMILES string of the molecule is O=C(COC(=O)c1cc(-c2ccc(Cl)s2)nc2ccccc12)Nc1ccccc1. The van der Waals surface area contributed by atoms with Gasteiger partial charge in [0.2, 0.25) is 0 Å². The number of fused-ring (bicyclic) bond motifs is 1. The van der Waals surface area contributed by atoms with Crippen LogP contribution in [0.2, 0.25) is 4.34 Å². The van der Waals surface area contributed by atoms with Crippen LogP contribution in [0.4, 0.5) is 5.69 Å². The van der Waals surface area contributed by atoms with E-state index in [4.69, 9.17) is 16.3 Å². The maximum Gasteiger partial charge on any atom is 0.339 e. The molecule has 0 aliphatic carbocycles. The lowest BCUT2D eigenvalue weighted by molar-refractivity contribution is -0.119. The number of thiophene rings is 1. The third-order valence-electron chi connectivity index (χ3n) is 4.15. The van der Waals surface area contributed by atoms with E-state index in [1.165, 1.54) is 11.3 Å². The number of ether oxygens (including phenoxy) is 1. The van der Waals surface area contributed by atoms with E-state index in [1.54, 1.807) is 30.3 Å². The Morgan fingerprint density at radius 1 is 1.00 bits per heavy atom. The number of esters is 1. The summed E-state index contributed by atoms with van der Waals surface area (Å²) in [7, 11) is 0. The molecule has 0 aliphatic rings. The molecule has 2 aromatic carbocycles. The van der Waals surface area contributed by atoms with Crippen LogP contribution in [0.5, 0.6) is 0 Å². The van der Waals surface area contributed by atoms with Crippen molar-refractivity contribution in [2.24, 2.45) is 0 Å². The van der Waals surface area contributed by atoms with Crippen LogP contribution in [0.1, 0.15) is 10.4 Å². The number of hydrogen-bond acceptors (Lipinski definition) is 5. The third-order valence-corrected chi connectivity index (χ3v) is 5.41. The number of nitrogens with one attached hydrogen (secondary N) is 1. The van der Waals surface area contributed by atoms with E-state index in [1.807, 2.05) is 42.5 Å². The first kappa shape index (κ1) is 19.1. The van der Waals surface area contributed by atoms with Gasteiger partial charge in [-0.1, -0.05) is 48.0 Å². The molecule has 0 saturated carbocycles. The molecule has 2 aromatic heterocycles. The van der Waals surface area contributed by atoms with Crippen LogP contribution in [0.25, 0.3) is 21.5 Å². The predicted octanol–water partition coefficient (Wildman–Crippen LogP) is 5.41. The molecular formula is C22H15ClN2O3S. The molecule has 2 heterocycles. The van der Waals surface area contributed by atoms with Gasteiger partial charge in [-0.2, -0.15) is 0 Å². The summed E-state index contributed by atoms with van der Waals surface area (Å²) in [4.78, 5) is 30.3. The number of carbonyl (C=O) groups is 2. The summed E-state index contributed by atoms with van der Waals surface area (Å²) in [6.45, 7) is -0.384. The predicted molar refractivity (Wildman–Crippen MR) is 115 cm³/mol. The normalized spacial score (nSPS) is 10.7. The van der Waals surface area contributed by atoms with Crippen LogP contribution < -0.4 is 5.32 Å². The van der Waals surface area contributed by atoms with Gasteiger partial charge < -0.3 is 10.1 Å². The van der Waals surface area contributed by atoms with E-state index in [0.717, 1.165) is 4.88 Å². The van der Waals surface area contributed by atoms with Crippen molar-refractivity contribution in [3.05, 3.63) is 82.7 Å². The van der Waals surface area contributed by atoms with Gasteiger partial charge in [-0.05, 0) is 36.4 Å². The molecule has 0 radical (unpaired) electrons. The highest BCUT2D eigenvalue weighted by Gasteiger charge is 2.17. The average Bonchev–Trinajstić information content (AvgIpc) is 3.18. The molecule has 7 heteroatoms. The topological polar surface area (TPSA) is 68.3 Å². The number of para-hydroxylation sites is 2. The van der Waals surface area contributed by atoms with Crippen molar-refractivity contribution in [1.29, 1.82) is 0 Å². The van der Waals surface area contributed by atoms with Crippen LogP contribution in [0.3, 0.4) is 0 Å². The molecule has 0 fully saturated rings. The number of amides is 1. The number of pyridine rings is 1. The summed E-state index contributed by atoms with van der Waals surface area (Å²) < 4.78 is 5.90. The highest BCUT2D eigenvalue weighted by molar-refractivity contribution is 7.19. The molecular weight excluding hydrogens is 408 g/mol. The van der Waals surface area contributed by atoms with E-state index in [2.05, 4.69) is 10.3 Å². The minimum Gasteiger partial charge on any atom is -0.452 e. The number of carbonyl (C=O) groups excluding carboxylic acids is 2. The Labute approximate surface area is 175 Å². The van der Waals surface area contributed by atoms with Gasteiger partial charge in [0.1, 0.15) is 0 Å². The zero-order chi connectivity index (χ0) is 20.2. The first-order chi connectivity index (χ1) is 14.1. The van der Waals surface area contributed by atoms with Crippen molar-refractivity contribution in [3.63, 3.8) is 0 Å². The van der Waals surface area contributed by atoms with Crippen LogP contribution in [0, 0.1) is 0 Å². The standard InChI is InChI=1S/C22H15ClN2O3S/c23-20-11-10-19(29-20)18-12-16(15-8-4-5-9-17(15)25-18)22(27)28-13-21(26)24-14-6-2-1-3-7-14/h1-12H,13H2,(H,24,26). The van der Waals surface area contributed by atoms with Crippen LogP contribution >= 0.6 is 22.9 Å². The molecule has 0 aliphatic heterocycles. The molecule has 0 atom stereocenters.